The number of benzene rings is 3. The third kappa shape index (κ3) is 3.78. The molecule has 7 nitrogen and oxygen atoms in total. The molecular formula is C26H21NO6. The predicted molar refractivity (Wildman–Crippen MR) is 120 cm³/mol. The lowest BCUT2D eigenvalue weighted by atomic mass is 9.95. The van der Waals surface area contributed by atoms with Crippen molar-refractivity contribution >= 4 is 17.4 Å². The molecule has 166 valence electrons. The van der Waals surface area contributed by atoms with Crippen LogP contribution >= 0.6 is 0 Å². The van der Waals surface area contributed by atoms with Crippen molar-refractivity contribution < 1.29 is 29.3 Å². The van der Waals surface area contributed by atoms with E-state index >= 15 is 0 Å². The Balaban J connectivity index is 1.63. The molecule has 2 aliphatic heterocycles. The van der Waals surface area contributed by atoms with Gasteiger partial charge in [0.25, 0.3) is 11.7 Å². The number of ketones is 1. The summed E-state index contributed by atoms with van der Waals surface area (Å²) < 4.78 is 11.1. The summed E-state index contributed by atoms with van der Waals surface area (Å²) >= 11 is 0. The second kappa shape index (κ2) is 8.35. The number of nitrogens with zero attached hydrogens (tertiary/aromatic N) is 1. The number of aliphatic hydroxyl groups excluding tert-OH is 1. The monoisotopic (exact) mass is 443 g/mol. The van der Waals surface area contributed by atoms with Crippen LogP contribution in [0.2, 0.25) is 0 Å². The first-order chi connectivity index (χ1) is 16.0. The van der Waals surface area contributed by atoms with Crippen molar-refractivity contribution in [1.29, 1.82) is 0 Å². The number of carbonyl (C=O) groups excluding carboxylic acids is 2. The first-order valence-corrected chi connectivity index (χ1v) is 10.5. The first kappa shape index (κ1) is 20.6. The molecule has 33 heavy (non-hydrogen) atoms. The summed E-state index contributed by atoms with van der Waals surface area (Å²) in [7, 11) is 0. The number of hydrogen-bond acceptors (Lipinski definition) is 6. The summed E-state index contributed by atoms with van der Waals surface area (Å²) in [6, 6.07) is 19.7. The number of rotatable bonds is 4. The Kier molecular flexibility index (Phi) is 5.22. The minimum Gasteiger partial charge on any atom is -0.508 e. The maximum atomic E-state index is 13.1. The molecule has 7 heteroatoms. The largest absolute Gasteiger partial charge is 0.508 e. The van der Waals surface area contributed by atoms with E-state index in [4.69, 9.17) is 9.47 Å². The number of ether oxygens (including phenoxy) is 2. The third-order valence-electron chi connectivity index (χ3n) is 5.76. The minimum absolute atomic E-state index is 0.0155. The van der Waals surface area contributed by atoms with Crippen molar-refractivity contribution in [3.8, 4) is 17.2 Å². The lowest BCUT2D eigenvalue weighted by Crippen LogP contribution is -2.29. The Hall–Kier alpha value is -4.26. The maximum absolute atomic E-state index is 13.1. The zero-order valence-corrected chi connectivity index (χ0v) is 17.6. The summed E-state index contributed by atoms with van der Waals surface area (Å²) in [6.45, 7) is 1.00. The predicted octanol–water partition coefficient (Wildman–Crippen LogP) is 3.79. The lowest BCUT2D eigenvalue weighted by molar-refractivity contribution is -0.140. The normalized spacial score (nSPS) is 19.0. The van der Waals surface area contributed by atoms with Gasteiger partial charge in [-0.3, -0.25) is 9.59 Å². The smallest absolute Gasteiger partial charge is 0.295 e. The molecule has 0 aliphatic carbocycles. The fraction of sp³-hybridized carbons (Fsp3) is 0.154. The number of hydrogen-bond donors (Lipinski definition) is 2. The highest BCUT2D eigenvalue weighted by Crippen LogP contribution is 2.42. The average molecular weight is 443 g/mol. The van der Waals surface area contributed by atoms with Crippen LogP contribution in [0.4, 0.5) is 0 Å². The summed E-state index contributed by atoms with van der Waals surface area (Å²) in [5.41, 5.74) is 1.78. The Morgan fingerprint density at radius 2 is 1.61 bits per heavy atom. The van der Waals surface area contributed by atoms with Crippen LogP contribution in [-0.2, 0) is 16.1 Å². The van der Waals surface area contributed by atoms with Crippen molar-refractivity contribution in [1.82, 2.24) is 4.90 Å². The van der Waals surface area contributed by atoms with Gasteiger partial charge >= 0.3 is 0 Å². The van der Waals surface area contributed by atoms with Gasteiger partial charge in [-0.05, 0) is 41.5 Å². The zero-order chi connectivity index (χ0) is 22.9. The lowest BCUT2D eigenvalue weighted by Gasteiger charge is -2.25. The first-order valence-electron chi connectivity index (χ1n) is 10.5. The molecular weight excluding hydrogens is 422 g/mol. The Morgan fingerprint density at radius 1 is 0.909 bits per heavy atom. The second-order valence-corrected chi connectivity index (χ2v) is 7.86. The van der Waals surface area contributed by atoms with Crippen LogP contribution in [0.15, 0.2) is 78.4 Å². The Bertz CT molecular complexity index is 1250. The zero-order valence-electron chi connectivity index (χ0n) is 17.6. The molecule has 2 aliphatic rings. The van der Waals surface area contributed by atoms with Gasteiger partial charge in [-0.25, -0.2) is 0 Å². The van der Waals surface area contributed by atoms with Crippen molar-refractivity contribution in [2.75, 3.05) is 13.2 Å². The number of aliphatic hydroxyl groups is 1. The number of phenolic OH excluding ortho intramolecular Hbond substituents is 1. The van der Waals surface area contributed by atoms with Gasteiger partial charge in [-0.1, -0.05) is 42.5 Å². The minimum atomic E-state index is -0.820. The van der Waals surface area contributed by atoms with Crippen LogP contribution in [0.1, 0.15) is 22.7 Å². The molecule has 1 saturated heterocycles. The van der Waals surface area contributed by atoms with Crippen LogP contribution in [0.5, 0.6) is 17.2 Å². The molecule has 0 saturated carbocycles. The van der Waals surface area contributed by atoms with Gasteiger partial charge in [0.15, 0.2) is 11.5 Å². The van der Waals surface area contributed by atoms with E-state index in [1.165, 1.54) is 17.0 Å². The average Bonchev–Trinajstić information content (AvgIpc) is 3.09. The van der Waals surface area contributed by atoms with Gasteiger partial charge in [-0.15, -0.1) is 0 Å². The Labute approximate surface area is 190 Å². The van der Waals surface area contributed by atoms with Crippen LogP contribution in [-0.4, -0.2) is 40.0 Å². The van der Waals surface area contributed by atoms with E-state index in [1.807, 2.05) is 30.3 Å². The van der Waals surface area contributed by atoms with Crippen LogP contribution < -0.4 is 9.47 Å². The van der Waals surface area contributed by atoms with E-state index < -0.39 is 17.7 Å². The number of aromatic hydroxyl groups is 1. The molecule has 3 aromatic carbocycles. The van der Waals surface area contributed by atoms with Gasteiger partial charge in [0, 0.05) is 12.1 Å². The van der Waals surface area contributed by atoms with Gasteiger partial charge < -0.3 is 24.6 Å². The number of phenols is 1. The topological polar surface area (TPSA) is 96.3 Å². The summed E-state index contributed by atoms with van der Waals surface area (Å²) in [5, 5.41) is 20.9. The number of amides is 1. The molecule has 3 aromatic rings. The summed E-state index contributed by atoms with van der Waals surface area (Å²) in [5.74, 6) is -0.681. The molecule has 1 atom stereocenters. The van der Waals surface area contributed by atoms with Crippen molar-refractivity contribution in [3.63, 3.8) is 0 Å². The van der Waals surface area contributed by atoms with Crippen LogP contribution in [0.25, 0.3) is 5.76 Å². The fourth-order valence-electron chi connectivity index (χ4n) is 4.17. The van der Waals surface area contributed by atoms with E-state index in [9.17, 15) is 19.8 Å². The van der Waals surface area contributed by atoms with Gasteiger partial charge in [0.2, 0.25) is 0 Å². The molecule has 2 N–H and O–H groups in total. The fourth-order valence-corrected chi connectivity index (χ4v) is 4.17. The van der Waals surface area contributed by atoms with Crippen LogP contribution in [0, 0.1) is 0 Å². The SMILES string of the molecule is O=C1C(=O)N(Cc2ccccc2)[C@@H](c2ccc(O)cc2)C1=C(O)c1ccc2c(c1)OCCO2. The molecule has 1 fully saturated rings. The van der Waals surface area contributed by atoms with E-state index in [2.05, 4.69) is 0 Å². The van der Waals surface area contributed by atoms with Crippen molar-refractivity contribution in [2.24, 2.45) is 0 Å². The molecule has 0 spiro atoms. The second-order valence-electron chi connectivity index (χ2n) is 7.86. The highest BCUT2D eigenvalue weighted by Gasteiger charge is 2.46. The molecule has 0 radical (unpaired) electrons. The van der Waals surface area contributed by atoms with E-state index in [0.717, 1.165) is 5.56 Å². The van der Waals surface area contributed by atoms with E-state index in [1.54, 1.807) is 30.3 Å². The number of carbonyl (C=O) groups is 2. The van der Waals surface area contributed by atoms with E-state index in [-0.39, 0.29) is 23.6 Å². The van der Waals surface area contributed by atoms with Gasteiger partial charge in [0.1, 0.15) is 24.7 Å². The summed E-state index contributed by atoms with van der Waals surface area (Å²) in [6.07, 6.45) is 0. The number of Topliss-reactive ketones (excluding diaryl/α,β-unsaturated/α-hetero) is 1. The third-order valence-corrected chi connectivity index (χ3v) is 5.76. The van der Waals surface area contributed by atoms with Crippen LogP contribution in [0.3, 0.4) is 0 Å². The molecule has 2 heterocycles. The van der Waals surface area contributed by atoms with Gasteiger partial charge in [-0.2, -0.15) is 0 Å². The molecule has 5 rings (SSSR count). The Morgan fingerprint density at radius 3 is 2.33 bits per heavy atom. The summed E-state index contributed by atoms with van der Waals surface area (Å²) in [4.78, 5) is 27.7. The van der Waals surface area contributed by atoms with Crippen molar-refractivity contribution in [2.45, 2.75) is 12.6 Å². The quantitative estimate of drug-likeness (QED) is 0.362. The number of likely N-dealkylation sites (tertiary alicyclic amines) is 1. The standard InChI is InChI=1S/C26H21NO6/c28-19-9-6-17(7-10-19)23-22(24(29)18-8-11-20-21(14-18)33-13-12-32-20)25(30)26(31)27(23)15-16-4-2-1-3-5-16/h1-11,14,23,28-29H,12-13,15H2/t23-/m0/s1. The number of fused-ring (bicyclic) bond motifs is 1. The molecule has 0 bridgehead atoms. The van der Waals surface area contributed by atoms with Crippen molar-refractivity contribution in [3.05, 3.63) is 95.1 Å². The molecule has 1 amide bonds. The molecule has 0 aromatic heterocycles. The van der Waals surface area contributed by atoms with Gasteiger partial charge in [0.05, 0.1) is 11.6 Å². The maximum Gasteiger partial charge on any atom is 0.295 e. The highest BCUT2D eigenvalue weighted by molar-refractivity contribution is 6.46. The van der Waals surface area contributed by atoms with E-state index in [0.29, 0.717) is 35.8 Å². The highest BCUT2D eigenvalue weighted by atomic mass is 16.6. The molecule has 0 unspecified atom stereocenters.